The van der Waals surface area contributed by atoms with Crippen molar-refractivity contribution in [3.05, 3.63) is 104 Å². The topological polar surface area (TPSA) is 59.9 Å². The van der Waals surface area contributed by atoms with Crippen molar-refractivity contribution < 1.29 is 14.3 Å². The van der Waals surface area contributed by atoms with E-state index in [2.05, 4.69) is 66.7 Å². The number of hydrogen-bond acceptors (Lipinski definition) is 4. The number of carbonyl (C=O) groups is 1. The SMILES string of the molecule is COc1ccc(Br)cc1C(=O)N/N=C\c1ccc(OCc2cccc3ccccc23)c(Br)c1. The molecule has 0 aliphatic carbocycles. The van der Waals surface area contributed by atoms with Crippen LogP contribution in [-0.4, -0.2) is 19.2 Å². The van der Waals surface area contributed by atoms with Gasteiger partial charge in [-0.15, -0.1) is 0 Å². The lowest BCUT2D eigenvalue weighted by atomic mass is 10.1. The van der Waals surface area contributed by atoms with E-state index in [0.717, 1.165) is 25.8 Å². The predicted molar refractivity (Wildman–Crippen MR) is 138 cm³/mol. The zero-order valence-electron chi connectivity index (χ0n) is 17.7. The molecule has 0 atom stereocenters. The Morgan fingerprint density at radius 3 is 2.58 bits per heavy atom. The maximum Gasteiger partial charge on any atom is 0.275 e. The maximum absolute atomic E-state index is 12.4. The molecule has 1 N–H and O–H groups in total. The van der Waals surface area contributed by atoms with Gasteiger partial charge < -0.3 is 9.47 Å². The van der Waals surface area contributed by atoms with Crippen molar-refractivity contribution in [3.63, 3.8) is 0 Å². The molecule has 0 fully saturated rings. The molecule has 0 heterocycles. The minimum Gasteiger partial charge on any atom is -0.496 e. The summed E-state index contributed by atoms with van der Waals surface area (Å²) in [5, 5.41) is 6.43. The number of benzene rings is 4. The van der Waals surface area contributed by atoms with Crippen LogP contribution in [0.2, 0.25) is 0 Å². The van der Waals surface area contributed by atoms with Crippen molar-refractivity contribution in [2.45, 2.75) is 6.61 Å². The second kappa shape index (κ2) is 10.6. The molecule has 0 radical (unpaired) electrons. The quantitative estimate of drug-likeness (QED) is 0.199. The van der Waals surface area contributed by atoms with Gasteiger partial charge in [0.1, 0.15) is 18.1 Å². The summed E-state index contributed by atoms with van der Waals surface area (Å²) in [4.78, 5) is 12.4. The van der Waals surface area contributed by atoms with Crippen LogP contribution in [-0.2, 0) is 6.61 Å². The number of halogens is 2. The van der Waals surface area contributed by atoms with E-state index in [1.807, 2.05) is 36.4 Å². The fourth-order valence-electron chi connectivity index (χ4n) is 3.37. The Morgan fingerprint density at radius 2 is 1.76 bits per heavy atom. The second-order valence-corrected chi connectivity index (χ2v) is 8.93. The Labute approximate surface area is 208 Å². The molecule has 0 aromatic heterocycles. The van der Waals surface area contributed by atoms with Crippen LogP contribution in [0.15, 0.2) is 92.9 Å². The first kappa shape index (κ1) is 23.0. The molecular formula is C26H20Br2N2O3. The third kappa shape index (κ3) is 5.61. The zero-order valence-corrected chi connectivity index (χ0v) is 20.9. The maximum atomic E-state index is 12.4. The smallest absolute Gasteiger partial charge is 0.275 e. The number of methoxy groups -OCH3 is 1. The third-order valence-electron chi connectivity index (χ3n) is 5.00. The second-order valence-electron chi connectivity index (χ2n) is 7.16. The predicted octanol–water partition coefficient (Wildman–Crippen LogP) is 6.72. The average Bonchev–Trinajstić information content (AvgIpc) is 2.83. The first-order chi connectivity index (χ1) is 16.0. The summed E-state index contributed by atoms with van der Waals surface area (Å²) < 4.78 is 12.9. The van der Waals surface area contributed by atoms with Gasteiger partial charge in [0.15, 0.2) is 0 Å². The highest BCUT2D eigenvalue weighted by molar-refractivity contribution is 9.10. The van der Waals surface area contributed by atoms with E-state index >= 15 is 0 Å². The molecule has 1 amide bonds. The molecule has 0 saturated carbocycles. The molecule has 33 heavy (non-hydrogen) atoms. The van der Waals surface area contributed by atoms with E-state index in [1.165, 1.54) is 17.9 Å². The summed E-state index contributed by atoms with van der Waals surface area (Å²) >= 11 is 6.92. The Balaban J connectivity index is 1.41. The summed E-state index contributed by atoms with van der Waals surface area (Å²) in [5.41, 5.74) is 4.85. The Morgan fingerprint density at radius 1 is 0.970 bits per heavy atom. The summed E-state index contributed by atoms with van der Waals surface area (Å²) in [6.45, 7) is 0.456. The van der Waals surface area contributed by atoms with Gasteiger partial charge in [0.25, 0.3) is 5.91 Å². The molecule has 166 valence electrons. The van der Waals surface area contributed by atoms with E-state index in [-0.39, 0.29) is 5.91 Å². The highest BCUT2D eigenvalue weighted by Crippen LogP contribution is 2.28. The number of ether oxygens (including phenoxy) is 2. The number of carbonyl (C=O) groups excluding carboxylic acids is 1. The van der Waals surface area contributed by atoms with Crippen LogP contribution in [0, 0.1) is 0 Å². The fourth-order valence-corrected chi connectivity index (χ4v) is 4.24. The van der Waals surface area contributed by atoms with Crippen LogP contribution >= 0.6 is 31.9 Å². The monoisotopic (exact) mass is 566 g/mol. The molecule has 0 saturated heterocycles. The van der Waals surface area contributed by atoms with Crippen molar-refractivity contribution >= 4 is 54.8 Å². The van der Waals surface area contributed by atoms with Crippen molar-refractivity contribution in [1.29, 1.82) is 0 Å². The lowest BCUT2D eigenvalue weighted by molar-refractivity contribution is 0.0952. The van der Waals surface area contributed by atoms with Gasteiger partial charge in [-0.3, -0.25) is 4.79 Å². The van der Waals surface area contributed by atoms with E-state index in [0.29, 0.717) is 17.9 Å². The van der Waals surface area contributed by atoms with Crippen molar-refractivity contribution in [2.75, 3.05) is 7.11 Å². The number of amides is 1. The summed E-state index contributed by atoms with van der Waals surface area (Å²) in [7, 11) is 1.52. The van der Waals surface area contributed by atoms with Crippen molar-refractivity contribution in [2.24, 2.45) is 5.10 Å². The molecule has 4 aromatic rings. The minimum absolute atomic E-state index is 0.362. The van der Waals surface area contributed by atoms with Crippen LogP contribution in [0.1, 0.15) is 21.5 Å². The molecule has 4 rings (SSSR count). The standard InChI is InChI=1S/C26H20Br2N2O3/c1-32-24-12-10-20(27)14-22(24)26(31)30-29-15-17-9-11-25(23(28)13-17)33-16-19-7-4-6-18-5-2-3-8-21(18)19/h2-15H,16H2,1H3,(H,30,31)/b29-15-. The zero-order chi connectivity index (χ0) is 23.2. The molecule has 0 aliphatic heterocycles. The number of rotatable bonds is 7. The van der Waals surface area contributed by atoms with Gasteiger partial charge in [0.2, 0.25) is 0 Å². The Kier molecular flexibility index (Phi) is 7.42. The number of hydrogen-bond donors (Lipinski definition) is 1. The van der Waals surface area contributed by atoms with E-state index < -0.39 is 0 Å². The number of hydrazone groups is 1. The number of nitrogens with one attached hydrogen (secondary N) is 1. The Hall–Kier alpha value is -3.16. The van der Waals surface area contributed by atoms with Gasteiger partial charge in [0.05, 0.1) is 23.4 Å². The lowest BCUT2D eigenvalue weighted by Gasteiger charge is -2.11. The molecule has 0 aliphatic rings. The van der Waals surface area contributed by atoms with Crippen LogP contribution < -0.4 is 14.9 Å². The van der Waals surface area contributed by atoms with Gasteiger partial charge in [-0.25, -0.2) is 5.43 Å². The summed E-state index contributed by atoms with van der Waals surface area (Å²) in [5.74, 6) is 0.836. The normalized spacial score (nSPS) is 11.0. The molecule has 5 nitrogen and oxygen atoms in total. The highest BCUT2D eigenvalue weighted by atomic mass is 79.9. The first-order valence-corrected chi connectivity index (χ1v) is 11.7. The van der Waals surface area contributed by atoms with Crippen LogP contribution in [0.4, 0.5) is 0 Å². The molecule has 0 spiro atoms. The first-order valence-electron chi connectivity index (χ1n) is 10.1. The largest absolute Gasteiger partial charge is 0.496 e. The third-order valence-corrected chi connectivity index (χ3v) is 6.12. The van der Waals surface area contributed by atoms with Gasteiger partial charge in [-0.2, -0.15) is 5.10 Å². The molecular weight excluding hydrogens is 548 g/mol. The highest BCUT2D eigenvalue weighted by Gasteiger charge is 2.12. The van der Waals surface area contributed by atoms with E-state index in [9.17, 15) is 4.79 Å². The minimum atomic E-state index is -0.362. The van der Waals surface area contributed by atoms with Gasteiger partial charge in [-0.1, -0.05) is 58.4 Å². The summed E-state index contributed by atoms with van der Waals surface area (Å²) in [6.07, 6.45) is 1.57. The van der Waals surface area contributed by atoms with Gasteiger partial charge in [0, 0.05) is 4.47 Å². The average molecular weight is 568 g/mol. The van der Waals surface area contributed by atoms with Crippen LogP contribution in [0.25, 0.3) is 10.8 Å². The molecule has 7 heteroatoms. The fraction of sp³-hybridized carbons (Fsp3) is 0.0769. The molecule has 0 bridgehead atoms. The molecule has 0 unspecified atom stereocenters. The lowest BCUT2D eigenvalue weighted by Crippen LogP contribution is -2.18. The van der Waals surface area contributed by atoms with E-state index in [4.69, 9.17) is 9.47 Å². The van der Waals surface area contributed by atoms with Crippen molar-refractivity contribution in [3.8, 4) is 11.5 Å². The molecule has 4 aromatic carbocycles. The van der Waals surface area contributed by atoms with Crippen LogP contribution in [0.5, 0.6) is 11.5 Å². The van der Waals surface area contributed by atoms with E-state index in [1.54, 1.807) is 24.4 Å². The van der Waals surface area contributed by atoms with Gasteiger partial charge >= 0.3 is 0 Å². The number of fused-ring (bicyclic) bond motifs is 1. The summed E-state index contributed by atoms with van der Waals surface area (Å²) in [6, 6.07) is 25.3. The number of nitrogens with zero attached hydrogens (tertiary/aromatic N) is 1. The Bertz CT molecular complexity index is 1330. The van der Waals surface area contributed by atoms with Crippen molar-refractivity contribution in [1.82, 2.24) is 5.43 Å². The van der Waals surface area contributed by atoms with Gasteiger partial charge in [-0.05, 0) is 74.2 Å². The van der Waals surface area contributed by atoms with Crippen LogP contribution in [0.3, 0.4) is 0 Å².